The largest absolute Gasteiger partial charge is 0.385 e. The Morgan fingerprint density at radius 2 is 1.88 bits per heavy atom. The lowest BCUT2D eigenvalue weighted by atomic mass is 9.97. The van der Waals surface area contributed by atoms with Crippen LogP contribution in [0.15, 0.2) is 53.9 Å². The molecule has 9 heteroatoms. The van der Waals surface area contributed by atoms with Crippen LogP contribution in [0.1, 0.15) is 78.8 Å². The van der Waals surface area contributed by atoms with E-state index in [0.717, 1.165) is 68.7 Å². The van der Waals surface area contributed by atoms with Gasteiger partial charge in [0.2, 0.25) is 0 Å². The molecular weight excluding hydrogens is 548 g/mol. The number of carbonyl (C=O) groups excluding carboxylic acids is 1. The average molecular weight is 586 g/mol. The predicted octanol–water partition coefficient (Wildman–Crippen LogP) is 8.28. The van der Waals surface area contributed by atoms with Crippen molar-refractivity contribution in [1.29, 1.82) is 0 Å². The van der Waals surface area contributed by atoms with E-state index in [1.807, 2.05) is 18.2 Å². The van der Waals surface area contributed by atoms with Gasteiger partial charge in [0.25, 0.3) is 11.8 Å². The van der Waals surface area contributed by atoms with Gasteiger partial charge in [-0.05, 0) is 49.8 Å². The van der Waals surface area contributed by atoms with Crippen molar-refractivity contribution in [2.45, 2.75) is 63.7 Å². The van der Waals surface area contributed by atoms with Gasteiger partial charge in [-0.15, -0.1) is 11.3 Å². The van der Waals surface area contributed by atoms with Crippen LogP contribution >= 0.6 is 23.6 Å². The zero-order valence-electron chi connectivity index (χ0n) is 23.1. The lowest BCUT2D eigenvalue weighted by Gasteiger charge is -2.33. The van der Waals surface area contributed by atoms with Crippen LogP contribution in [0.4, 0.5) is 14.5 Å². The topological polar surface area (TPSA) is 54.5 Å². The molecule has 1 fully saturated rings. The summed E-state index contributed by atoms with van der Waals surface area (Å²) in [5.41, 5.74) is 2.15. The van der Waals surface area contributed by atoms with E-state index in [2.05, 4.69) is 15.2 Å². The van der Waals surface area contributed by atoms with Crippen molar-refractivity contribution in [3.63, 3.8) is 0 Å². The van der Waals surface area contributed by atoms with Crippen LogP contribution in [-0.2, 0) is 10.7 Å². The summed E-state index contributed by atoms with van der Waals surface area (Å²) in [6, 6.07) is 13.5. The van der Waals surface area contributed by atoms with E-state index in [-0.39, 0.29) is 11.5 Å². The second kappa shape index (κ2) is 14.2. The van der Waals surface area contributed by atoms with Crippen LogP contribution < -0.4 is 5.32 Å². The van der Waals surface area contributed by atoms with Crippen LogP contribution in [0.25, 0.3) is 11.1 Å². The number of benzene rings is 2. The number of hydrogen-bond donors (Lipinski definition) is 1. The second-order valence-corrected chi connectivity index (χ2v) is 11.7. The number of thiocarbonyl (C=S) groups is 1. The number of alkyl halides is 2. The molecule has 1 saturated heterocycles. The minimum atomic E-state index is -2.95. The van der Waals surface area contributed by atoms with Gasteiger partial charge < -0.3 is 15.0 Å². The molecule has 1 amide bonds. The Morgan fingerprint density at radius 3 is 2.62 bits per heavy atom. The zero-order valence-corrected chi connectivity index (χ0v) is 24.8. The molecule has 0 atom stereocenters. The maximum Gasteiger partial charge on any atom is 0.275 e. The van der Waals surface area contributed by atoms with E-state index in [1.54, 1.807) is 30.7 Å². The van der Waals surface area contributed by atoms with E-state index in [9.17, 15) is 13.6 Å². The third kappa shape index (κ3) is 8.15. The van der Waals surface area contributed by atoms with Crippen LogP contribution in [-0.4, -0.2) is 47.6 Å². The standard InChI is InChI=1S/C31H37F2N3O2S2/c1-31(32,33)24-11-9-10-23(20-24)25-12-6-7-13-26(25)34-29(37)27-21-40-30(35-27)22-15-17-36(18-16-22)28(39)14-5-3-4-8-19-38-2/h6-7,9-13,20-22H,3-5,8,14-19H2,1-2H3,(H,34,37). The normalized spacial score (nSPS) is 14.3. The summed E-state index contributed by atoms with van der Waals surface area (Å²) in [6.07, 6.45) is 7.45. The molecule has 2 aromatic carbocycles. The summed E-state index contributed by atoms with van der Waals surface area (Å²) in [7, 11) is 1.74. The number of para-hydroxylation sites is 1. The molecule has 2 heterocycles. The van der Waals surface area contributed by atoms with Gasteiger partial charge in [0.1, 0.15) is 5.69 Å². The number of methoxy groups -OCH3 is 1. The number of aromatic nitrogens is 1. The number of halogens is 2. The monoisotopic (exact) mass is 585 g/mol. The summed E-state index contributed by atoms with van der Waals surface area (Å²) in [5, 5.41) is 5.71. The van der Waals surface area contributed by atoms with Gasteiger partial charge in [-0.3, -0.25) is 4.79 Å². The Hall–Kier alpha value is -2.75. The number of ether oxygens (including phenoxy) is 1. The second-order valence-electron chi connectivity index (χ2n) is 10.4. The molecule has 0 radical (unpaired) electrons. The molecule has 5 nitrogen and oxygen atoms in total. The number of amides is 1. The van der Waals surface area contributed by atoms with Crippen LogP contribution in [0.3, 0.4) is 0 Å². The molecule has 3 aromatic rings. The first-order valence-corrected chi connectivity index (χ1v) is 15.2. The maximum atomic E-state index is 13.9. The first kappa shape index (κ1) is 30.2. The van der Waals surface area contributed by atoms with Crippen LogP contribution in [0.2, 0.25) is 0 Å². The van der Waals surface area contributed by atoms with Gasteiger partial charge in [-0.25, -0.2) is 13.8 Å². The maximum absolute atomic E-state index is 13.9. The molecule has 0 aliphatic carbocycles. The number of carbonyl (C=O) groups is 1. The predicted molar refractivity (Wildman–Crippen MR) is 163 cm³/mol. The third-order valence-electron chi connectivity index (χ3n) is 7.30. The van der Waals surface area contributed by atoms with Crippen molar-refractivity contribution in [1.82, 2.24) is 9.88 Å². The van der Waals surface area contributed by atoms with Crippen molar-refractivity contribution in [3.8, 4) is 11.1 Å². The summed E-state index contributed by atoms with van der Waals surface area (Å²) >= 11 is 7.22. The van der Waals surface area contributed by atoms with Gasteiger partial charge in [0.15, 0.2) is 0 Å². The number of rotatable bonds is 12. The molecule has 40 heavy (non-hydrogen) atoms. The summed E-state index contributed by atoms with van der Waals surface area (Å²) in [4.78, 5) is 21.2. The Bertz CT molecular complexity index is 1280. The van der Waals surface area contributed by atoms with Gasteiger partial charge in [-0.2, -0.15) is 0 Å². The third-order valence-corrected chi connectivity index (χ3v) is 8.77. The van der Waals surface area contributed by atoms with Gasteiger partial charge in [-0.1, -0.05) is 61.5 Å². The lowest BCUT2D eigenvalue weighted by Crippen LogP contribution is -2.36. The Morgan fingerprint density at radius 1 is 1.12 bits per heavy atom. The van der Waals surface area contributed by atoms with E-state index < -0.39 is 5.92 Å². The Balaban J connectivity index is 1.32. The zero-order chi connectivity index (χ0) is 28.5. The Labute approximate surface area is 245 Å². The highest BCUT2D eigenvalue weighted by Gasteiger charge is 2.26. The quantitative estimate of drug-likeness (QED) is 0.171. The smallest absolute Gasteiger partial charge is 0.275 e. The number of likely N-dealkylation sites (tertiary alicyclic amines) is 1. The highest BCUT2D eigenvalue weighted by Crippen LogP contribution is 2.34. The van der Waals surface area contributed by atoms with Gasteiger partial charge >= 0.3 is 0 Å². The van der Waals surface area contributed by atoms with Gasteiger partial charge in [0, 0.05) is 61.8 Å². The highest BCUT2D eigenvalue weighted by molar-refractivity contribution is 7.80. The molecule has 0 bridgehead atoms. The fraction of sp³-hybridized carbons (Fsp3) is 0.452. The highest BCUT2D eigenvalue weighted by atomic mass is 32.1. The molecular formula is C31H37F2N3O2S2. The number of hydrogen-bond acceptors (Lipinski definition) is 5. The van der Waals surface area contributed by atoms with Crippen molar-refractivity contribution in [2.24, 2.45) is 0 Å². The van der Waals surface area contributed by atoms with Crippen LogP contribution in [0, 0.1) is 0 Å². The van der Waals surface area contributed by atoms with E-state index in [0.29, 0.717) is 28.4 Å². The minimum absolute atomic E-state index is 0.0694. The first-order chi connectivity index (χ1) is 19.3. The molecule has 1 aromatic heterocycles. The van der Waals surface area contributed by atoms with Crippen molar-refractivity contribution < 1.29 is 18.3 Å². The lowest BCUT2D eigenvalue weighted by molar-refractivity contribution is 0.0175. The van der Waals surface area contributed by atoms with Crippen molar-refractivity contribution >= 4 is 40.1 Å². The van der Waals surface area contributed by atoms with Crippen molar-refractivity contribution in [2.75, 3.05) is 32.1 Å². The number of piperidine rings is 1. The number of nitrogens with zero attached hydrogens (tertiary/aromatic N) is 2. The van der Waals surface area contributed by atoms with E-state index in [4.69, 9.17) is 17.0 Å². The Kier molecular flexibility index (Phi) is 10.8. The SMILES string of the molecule is COCCCCCCC(=S)N1CCC(c2nc(C(=O)Nc3ccccc3-c3cccc(C(C)(F)F)c3)cs2)CC1. The fourth-order valence-corrected chi connectivity index (χ4v) is 6.28. The van der Waals surface area contributed by atoms with Gasteiger partial charge in [0.05, 0.1) is 10.00 Å². The molecule has 1 N–H and O–H groups in total. The fourth-order valence-electron chi connectivity index (χ4n) is 4.98. The molecule has 0 saturated carbocycles. The minimum Gasteiger partial charge on any atom is -0.385 e. The molecule has 4 rings (SSSR count). The summed E-state index contributed by atoms with van der Waals surface area (Å²) in [5.74, 6) is -2.95. The molecule has 1 aliphatic heterocycles. The first-order valence-electron chi connectivity index (χ1n) is 13.9. The average Bonchev–Trinajstić information content (AvgIpc) is 3.45. The van der Waals surface area contributed by atoms with Crippen LogP contribution in [0.5, 0.6) is 0 Å². The molecule has 1 aliphatic rings. The summed E-state index contributed by atoms with van der Waals surface area (Å²) in [6.45, 7) is 3.53. The summed E-state index contributed by atoms with van der Waals surface area (Å²) < 4.78 is 32.9. The molecule has 0 spiro atoms. The molecule has 0 unspecified atom stereocenters. The number of unbranched alkanes of at least 4 members (excludes halogenated alkanes) is 3. The number of nitrogens with one attached hydrogen (secondary N) is 1. The van der Waals surface area contributed by atoms with Crippen molar-refractivity contribution in [3.05, 3.63) is 70.2 Å². The number of thiazole rings is 1. The van der Waals surface area contributed by atoms with E-state index >= 15 is 0 Å². The van der Waals surface area contributed by atoms with E-state index in [1.165, 1.54) is 36.3 Å². The molecule has 214 valence electrons. The number of anilines is 1.